The van der Waals surface area contributed by atoms with Crippen molar-refractivity contribution in [2.45, 2.75) is 33.4 Å². The van der Waals surface area contributed by atoms with Gasteiger partial charge in [-0.25, -0.2) is 0 Å². The molecule has 1 aromatic carbocycles. The Morgan fingerprint density at radius 1 is 1.38 bits per heavy atom. The van der Waals surface area contributed by atoms with Crippen LogP contribution in [0.3, 0.4) is 0 Å². The average Bonchev–Trinajstić information content (AvgIpc) is 2.25. The lowest BCUT2D eigenvalue weighted by Crippen LogP contribution is -2.25. The molecule has 1 rings (SSSR count). The van der Waals surface area contributed by atoms with Crippen LogP contribution in [-0.2, 0) is 6.54 Å². The van der Waals surface area contributed by atoms with E-state index in [2.05, 4.69) is 44.1 Å². The third-order valence-electron chi connectivity index (χ3n) is 2.67. The lowest BCUT2D eigenvalue weighted by atomic mass is 10.1. The minimum atomic E-state index is 0.469. The predicted octanol–water partition coefficient (Wildman–Crippen LogP) is 3.29. The highest BCUT2D eigenvalue weighted by Gasteiger charge is 2.09. The van der Waals surface area contributed by atoms with E-state index in [0.717, 1.165) is 18.1 Å². The van der Waals surface area contributed by atoms with Crippen LogP contribution in [0.4, 0.5) is 5.69 Å². The van der Waals surface area contributed by atoms with Gasteiger partial charge in [-0.15, -0.1) is 0 Å². The molecule has 2 nitrogen and oxygen atoms in total. The molecule has 3 heteroatoms. The van der Waals surface area contributed by atoms with Crippen molar-refractivity contribution in [3.8, 4) is 0 Å². The molecule has 0 saturated heterocycles. The second kappa shape index (κ2) is 6.12. The van der Waals surface area contributed by atoms with E-state index >= 15 is 0 Å². The van der Waals surface area contributed by atoms with Gasteiger partial charge in [0.25, 0.3) is 0 Å². The highest BCUT2D eigenvalue weighted by Crippen LogP contribution is 2.26. The molecule has 0 saturated carbocycles. The molecule has 0 heterocycles. The molecule has 1 aromatic rings. The predicted molar refractivity (Wildman–Crippen MR) is 72.4 cm³/mol. The molecule has 0 spiro atoms. The molecule has 0 fully saturated rings. The van der Waals surface area contributed by atoms with Crippen molar-refractivity contribution < 1.29 is 0 Å². The fraction of sp³-hybridized carbons (Fsp3) is 0.538. The van der Waals surface area contributed by atoms with Crippen LogP contribution in [0.25, 0.3) is 0 Å². The number of nitrogens with zero attached hydrogens (tertiary/aromatic N) is 1. The van der Waals surface area contributed by atoms with E-state index < -0.39 is 0 Å². The first-order valence-corrected chi connectivity index (χ1v) is 6.16. The molecule has 0 aromatic heterocycles. The Balaban J connectivity index is 2.94. The van der Waals surface area contributed by atoms with Gasteiger partial charge in [0, 0.05) is 42.5 Å². The van der Waals surface area contributed by atoms with Crippen LogP contribution in [-0.4, -0.2) is 19.6 Å². The smallest absolute Gasteiger partial charge is 0.0471 e. The summed E-state index contributed by atoms with van der Waals surface area (Å²) in [6, 6.07) is 6.54. The number of rotatable bonds is 5. The van der Waals surface area contributed by atoms with Crippen LogP contribution in [0, 0.1) is 0 Å². The summed E-state index contributed by atoms with van der Waals surface area (Å²) in [5.41, 5.74) is 2.39. The van der Waals surface area contributed by atoms with Gasteiger partial charge in [0.1, 0.15) is 0 Å². The standard InChI is InChI=1S/C13H21ClN2/c1-5-16(4)13-8-6-7-12(14)11(13)9-15-10(2)3/h6-8,10,15H,5,9H2,1-4H3. The van der Waals surface area contributed by atoms with E-state index in [1.165, 1.54) is 11.3 Å². The first-order valence-electron chi connectivity index (χ1n) is 5.78. The second-order valence-corrected chi connectivity index (χ2v) is 4.69. The van der Waals surface area contributed by atoms with Crippen LogP contribution < -0.4 is 10.2 Å². The number of hydrogen-bond donors (Lipinski definition) is 1. The summed E-state index contributed by atoms with van der Waals surface area (Å²) in [6.07, 6.45) is 0. The summed E-state index contributed by atoms with van der Waals surface area (Å²) >= 11 is 6.25. The summed E-state index contributed by atoms with van der Waals surface area (Å²) in [4.78, 5) is 2.21. The summed E-state index contributed by atoms with van der Waals surface area (Å²) in [7, 11) is 2.09. The Bertz CT molecular complexity index is 337. The molecule has 0 aliphatic carbocycles. The second-order valence-electron chi connectivity index (χ2n) is 4.29. The molecule has 0 aliphatic rings. The Morgan fingerprint density at radius 3 is 2.62 bits per heavy atom. The molecular weight excluding hydrogens is 220 g/mol. The third kappa shape index (κ3) is 3.39. The molecule has 90 valence electrons. The minimum absolute atomic E-state index is 0.469. The van der Waals surface area contributed by atoms with Gasteiger partial charge in [0.05, 0.1) is 0 Å². The van der Waals surface area contributed by atoms with Gasteiger partial charge >= 0.3 is 0 Å². The number of anilines is 1. The first-order chi connectivity index (χ1) is 7.56. The van der Waals surface area contributed by atoms with Gasteiger partial charge in [-0.2, -0.15) is 0 Å². The highest BCUT2D eigenvalue weighted by atomic mass is 35.5. The van der Waals surface area contributed by atoms with Gasteiger partial charge in [-0.3, -0.25) is 0 Å². The number of nitrogens with one attached hydrogen (secondary N) is 1. The number of benzene rings is 1. The van der Waals surface area contributed by atoms with Crippen molar-refractivity contribution in [3.63, 3.8) is 0 Å². The average molecular weight is 241 g/mol. The van der Waals surface area contributed by atoms with Crippen LogP contribution >= 0.6 is 11.6 Å². The number of hydrogen-bond acceptors (Lipinski definition) is 2. The summed E-state index contributed by atoms with van der Waals surface area (Å²) < 4.78 is 0. The highest BCUT2D eigenvalue weighted by molar-refractivity contribution is 6.31. The monoisotopic (exact) mass is 240 g/mol. The lowest BCUT2D eigenvalue weighted by Gasteiger charge is -2.22. The van der Waals surface area contributed by atoms with Crippen molar-refractivity contribution in [2.24, 2.45) is 0 Å². The Labute approximate surface area is 104 Å². The summed E-state index contributed by atoms with van der Waals surface area (Å²) in [6.45, 7) is 8.21. The van der Waals surface area contributed by atoms with Crippen molar-refractivity contribution >= 4 is 17.3 Å². The topological polar surface area (TPSA) is 15.3 Å². The Hall–Kier alpha value is -0.730. The zero-order valence-electron chi connectivity index (χ0n) is 10.5. The van der Waals surface area contributed by atoms with Crippen molar-refractivity contribution in [1.29, 1.82) is 0 Å². The molecule has 0 radical (unpaired) electrons. The van der Waals surface area contributed by atoms with Crippen molar-refractivity contribution in [1.82, 2.24) is 5.32 Å². The van der Waals surface area contributed by atoms with E-state index in [0.29, 0.717) is 6.04 Å². The SMILES string of the molecule is CCN(C)c1cccc(Cl)c1CNC(C)C. The molecular formula is C13H21ClN2. The van der Waals surface area contributed by atoms with E-state index in [9.17, 15) is 0 Å². The molecule has 1 N–H and O–H groups in total. The Kier molecular flexibility index (Phi) is 5.10. The maximum atomic E-state index is 6.25. The van der Waals surface area contributed by atoms with Crippen molar-refractivity contribution in [3.05, 3.63) is 28.8 Å². The number of halogens is 1. The van der Waals surface area contributed by atoms with Crippen LogP contribution in [0.5, 0.6) is 0 Å². The lowest BCUT2D eigenvalue weighted by molar-refractivity contribution is 0.588. The fourth-order valence-electron chi connectivity index (χ4n) is 1.56. The van der Waals surface area contributed by atoms with Gasteiger partial charge in [0.2, 0.25) is 0 Å². The zero-order valence-corrected chi connectivity index (χ0v) is 11.3. The molecule has 16 heavy (non-hydrogen) atoms. The van der Waals surface area contributed by atoms with Gasteiger partial charge < -0.3 is 10.2 Å². The van der Waals surface area contributed by atoms with Crippen LogP contribution in [0.1, 0.15) is 26.3 Å². The van der Waals surface area contributed by atoms with E-state index in [1.807, 2.05) is 12.1 Å². The Morgan fingerprint density at radius 2 is 2.06 bits per heavy atom. The summed E-state index contributed by atoms with van der Waals surface area (Å²) in [5, 5.41) is 4.25. The maximum absolute atomic E-state index is 6.25. The van der Waals surface area contributed by atoms with Gasteiger partial charge in [0.15, 0.2) is 0 Å². The fourth-order valence-corrected chi connectivity index (χ4v) is 1.79. The zero-order chi connectivity index (χ0) is 12.1. The normalized spacial score (nSPS) is 10.9. The molecule has 0 atom stereocenters. The quantitative estimate of drug-likeness (QED) is 0.850. The minimum Gasteiger partial charge on any atom is -0.375 e. The molecule has 0 bridgehead atoms. The summed E-state index contributed by atoms with van der Waals surface area (Å²) in [5.74, 6) is 0. The molecule has 0 amide bonds. The van der Waals surface area contributed by atoms with E-state index in [4.69, 9.17) is 11.6 Å². The first kappa shape index (κ1) is 13.3. The molecule has 0 aliphatic heterocycles. The van der Waals surface area contributed by atoms with Gasteiger partial charge in [-0.05, 0) is 19.1 Å². The molecule has 0 unspecified atom stereocenters. The van der Waals surface area contributed by atoms with Crippen LogP contribution in [0.2, 0.25) is 5.02 Å². The van der Waals surface area contributed by atoms with Gasteiger partial charge in [-0.1, -0.05) is 31.5 Å². The van der Waals surface area contributed by atoms with E-state index in [1.54, 1.807) is 0 Å². The third-order valence-corrected chi connectivity index (χ3v) is 3.02. The largest absolute Gasteiger partial charge is 0.375 e. The van der Waals surface area contributed by atoms with Crippen LogP contribution in [0.15, 0.2) is 18.2 Å². The maximum Gasteiger partial charge on any atom is 0.0471 e. The van der Waals surface area contributed by atoms with E-state index in [-0.39, 0.29) is 0 Å². The van der Waals surface area contributed by atoms with Crippen molar-refractivity contribution in [2.75, 3.05) is 18.5 Å².